The summed E-state index contributed by atoms with van der Waals surface area (Å²) in [5.41, 5.74) is 6.08. The van der Waals surface area contributed by atoms with E-state index in [2.05, 4.69) is 4.98 Å². The number of pyridine rings is 1. The fourth-order valence-electron chi connectivity index (χ4n) is 4.79. The summed E-state index contributed by atoms with van der Waals surface area (Å²) in [7, 11) is 0. The average molecular weight is 430 g/mol. The highest BCUT2D eigenvalue weighted by molar-refractivity contribution is 5.82. The van der Waals surface area contributed by atoms with E-state index in [0.717, 1.165) is 6.07 Å². The Bertz CT molecular complexity index is 1130. The summed E-state index contributed by atoms with van der Waals surface area (Å²) < 4.78 is 48.3. The number of H-pyrrole nitrogens is 1. The maximum absolute atomic E-state index is 14.6. The van der Waals surface area contributed by atoms with Crippen LogP contribution in [0.1, 0.15) is 44.6 Å². The second-order valence-electron chi connectivity index (χ2n) is 8.32. The van der Waals surface area contributed by atoms with Crippen LogP contribution in [0.4, 0.5) is 13.2 Å². The highest BCUT2D eigenvalue weighted by atomic mass is 19.1. The first-order chi connectivity index (χ1) is 14.8. The largest absolute Gasteiger partial charge is 0.487 e. The Hall–Kier alpha value is -2.80. The molecule has 164 valence electrons. The van der Waals surface area contributed by atoms with E-state index in [4.69, 9.17) is 10.5 Å². The molecule has 3 aromatic rings. The van der Waals surface area contributed by atoms with Gasteiger partial charge in [-0.2, -0.15) is 0 Å². The van der Waals surface area contributed by atoms with Gasteiger partial charge in [-0.05, 0) is 73.4 Å². The van der Waals surface area contributed by atoms with Crippen LogP contribution in [0.25, 0.3) is 10.8 Å². The lowest BCUT2D eigenvalue weighted by atomic mass is 9.64. The van der Waals surface area contributed by atoms with E-state index in [-0.39, 0.29) is 28.8 Å². The van der Waals surface area contributed by atoms with Gasteiger partial charge in [0.1, 0.15) is 11.6 Å². The summed E-state index contributed by atoms with van der Waals surface area (Å²) in [6, 6.07) is 7.71. The Morgan fingerprint density at radius 3 is 2.45 bits per heavy atom. The fourth-order valence-corrected chi connectivity index (χ4v) is 4.79. The molecule has 0 spiro atoms. The van der Waals surface area contributed by atoms with E-state index < -0.39 is 22.9 Å². The van der Waals surface area contributed by atoms with Crippen LogP contribution in [0.3, 0.4) is 0 Å². The van der Waals surface area contributed by atoms with E-state index in [1.807, 2.05) is 6.92 Å². The average Bonchev–Trinajstić information content (AvgIpc) is 2.74. The third-order valence-corrected chi connectivity index (χ3v) is 6.53. The Kier molecular flexibility index (Phi) is 5.79. The van der Waals surface area contributed by atoms with Gasteiger partial charge in [-0.3, -0.25) is 4.79 Å². The number of halogens is 3. The van der Waals surface area contributed by atoms with Crippen LogP contribution in [0, 0.1) is 17.5 Å². The zero-order chi connectivity index (χ0) is 22.2. The minimum Gasteiger partial charge on any atom is -0.487 e. The first-order valence-electron chi connectivity index (χ1n) is 10.5. The molecule has 1 aromatic heterocycles. The van der Waals surface area contributed by atoms with Crippen molar-refractivity contribution in [1.29, 1.82) is 0 Å². The van der Waals surface area contributed by atoms with Crippen LogP contribution >= 0.6 is 0 Å². The molecule has 4 rings (SSSR count). The summed E-state index contributed by atoms with van der Waals surface area (Å²) in [4.78, 5) is 14.4. The van der Waals surface area contributed by atoms with Crippen LogP contribution in [-0.2, 0) is 5.41 Å². The number of benzene rings is 2. The zero-order valence-electron chi connectivity index (χ0n) is 17.3. The second kappa shape index (κ2) is 8.38. The molecule has 1 saturated carbocycles. The molecular formula is C24H25F3N2O2. The minimum atomic E-state index is -0.621. The zero-order valence-corrected chi connectivity index (χ0v) is 17.3. The summed E-state index contributed by atoms with van der Waals surface area (Å²) in [5, 5.41) is 0.852. The van der Waals surface area contributed by atoms with Crippen molar-refractivity contribution in [3.05, 3.63) is 76.0 Å². The Labute approximate surface area is 178 Å². The number of hydrogen-bond acceptors (Lipinski definition) is 3. The van der Waals surface area contributed by atoms with Gasteiger partial charge in [0.15, 0.2) is 11.6 Å². The summed E-state index contributed by atoms with van der Waals surface area (Å²) in [6.45, 7) is 1.96. The third kappa shape index (κ3) is 4.06. The van der Waals surface area contributed by atoms with Crippen molar-refractivity contribution in [2.24, 2.45) is 5.73 Å². The first kappa shape index (κ1) is 21.4. The molecule has 1 aliphatic carbocycles. The highest BCUT2D eigenvalue weighted by Crippen LogP contribution is 2.44. The van der Waals surface area contributed by atoms with Crippen LogP contribution in [-0.4, -0.2) is 17.1 Å². The molecule has 1 heterocycles. The third-order valence-electron chi connectivity index (χ3n) is 6.53. The Morgan fingerprint density at radius 1 is 1.13 bits per heavy atom. The van der Waals surface area contributed by atoms with Gasteiger partial charge in [-0.25, -0.2) is 13.2 Å². The predicted molar refractivity (Wildman–Crippen MR) is 114 cm³/mol. The van der Waals surface area contributed by atoms with Crippen LogP contribution < -0.4 is 16.0 Å². The van der Waals surface area contributed by atoms with Crippen molar-refractivity contribution in [3.63, 3.8) is 0 Å². The lowest BCUT2D eigenvalue weighted by Crippen LogP contribution is -2.49. The maximum Gasteiger partial charge on any atom is 0.255 e. The maximum atomic E-state index is 14.6. The number of aromatic amines is 1. The van der Waals surface area contributed by atoms with Gasteiger partial charge in [0, 0.05) is 23.7 Å². The summed E-state index contributed by atoms with van der Waals surface area (Å²) >= 11 is 0. The fraction of sp³-hybridized carbons (Fsp3) is 0.375. The molecule has 0 aliphatic heterocycles. The van der Waals surface area contributed by atoms with Crippen molar-refractivity contribution < 1.29 is 17.9 Å². The molecule has 7 heteroatoms. The number of ether oxygens (including phenoxy) is 1. The molecule has 3 N–H and O–H groups in total. The standard InChI is InChI=1S/C24H25F3N2O2/c1-2-22(28)24(15-10-16(25)12-17(26)11-15)6-3-18(4-7-24)31-21-9-14-5-8-29-23(30)19(14)13-20(21)27/h5,8-13,18,22H,2-4,6-7,28H2,1H3,(H,29,30). The van der Waals surface area contributed by atoms with Gasteiger partial charge in [0.2, 0.25) is 0 Å². The number of nitrogens with two attached hydrogens (primary N) is 1. The lowest BCUT2D eigenvalue weighted by Gasteiger charge is -2.44. The van der Waals surface area contributed by atoms with Gasteiger partial charge in [-0.15, -0.1) is 0 Å². The van der Waals surface area contributed by atoms with Gasteiger partial charge in [0.25, 0.3) is 5.56 Å². The van der Waals surface area contributed by atoms with Crippen LogP contribution in [0.15, 0.2) is 47.4 Å². The van der Waals surface area contributed by atoms with Crippen LogP contribution in [0.2, 0.25) is 0 Å². The van der Waals surface area contributed by atoms with Crippen molar-refractivity contribution >= 4 is 10.8 Å². The summed E-state index contributed by atoms with van der Waals surface area (Å²) in [6.07, 6.45) is 4.19. The monoisotopic (exact) mass is 430 g/mol. The molecule has 1 unspecified atom stereocenters. The van der Waals surface area contributed by atoms with Gasteiger partial charge in [0.05, 0.1) is 11.5 Å². The van der Waals surface area contributed by atoms with Crippen molar-refractivity contribution in [2.45, 2.75) is 56.6 Å². The summed E-state index contributed by atoms with van der Waals surface area (Å²) in [5.74, 6) is -1.75. The lowest BCUT2D eigenvalue weighted by molar-refractivity contribution is 0.0998. The van der Waals surface area contributed by atoms with Gasteiger partial charge >= 0.3 is 0 Å². The number of fused-ring (bicyclic) bond motifs is 1. The van der Waals surface area contributed by atoms with Crippen molar-refractivity contribution in [2.75, 3.05) is 0 Å². The van der Waals surface area contributed by atoms with E-state index in [9.17, 15) is 18.0 Å². The first-order valence-corrected chi connectivity index (χ1v) is 10.5. The van der Waals surface area contributed by atoms with Crippen LogP contribution in [0.5, 0.6) is 5.75 Å². The smallest absolute Gasteiger partial charge is 0.255 e. The van der Waals surface area contributed by atoms with Gasteiger partial charge < -0.3 is 15.5 Å². The van der Waals surface area contributed by atoms with Crippen molar-refractivity contribution in [1.82, 2.24) is 4.98 Å². The Balaban J connectivity index is 1.57. The predicted octanol–water partition coefficient (Wildman–Crippen LogP) is 4.94. The molecule has 0 radical (unpaired) electrons. The molecule has 0 bridgehead atoms. The number of hydrogen-bond donors (Lipinski definition) is 2. The second-order valence-corrected chi connectivity index (χ2v) is 8.32. The van der Waals surface area contributed by atoms with Crippen molar-refractivity contribution in [3.8, 4) is 5.75 Å². The quantitative estimate of drug-likeness (QED) is 0.602. The van der Waals surface area contributed by atoms with Gasteiger partial charge in [-0.1, -0.05) is 6.92 Å². The minimum absolute atomic E-state index is 0.0900. The van der Waals surface area contributed by atoms with E-state index in [0.29, 0.717) is 43.1 Å². The van der Waals surface area contributed by atoms with E-state index in [1.165, 1.54) is 30.5 Å². The SMILES string of the molecule is CCC(N)C1(c2cc(F)cc(F)c2)CCC(Oc2cc3cc[nH]c(=O)c3cc2F)CC1. The highest BCUT2D eigenvalue weighted by Gasteiger charge is 2.42. The molecule has 1 aliphatic rings. The topological polar surface area (TPSA) is 68.1 Å². The number of nitrogens with one attached hydrogen (secondary N) is 1. The van der Waals surface area contributed by atoms with E-state index in [1.54, 1.807) is 6.07 Å². The molecule has 0 amide bonds. The Morgan fingerprint density at radius 2 is 1.81 bits per heavy atom. The molecule has 1 atom stereocenters. The number of aromatic nitrogens is 1. The number of rotatable bonds is 5. The molecule has 31 heavy (non-hydrogen) atoms. The molecule has 2 aromatic carbocycles. The van der Waals surface area contributed by atoms with E-state index >= 15 is 0 Å². The molecule has 4 nitrogen and oxygen atoms in total. The normalized spacial score (nSPS) is 22.4. The molecule has 0 saturated heterocycles. The molecular weight excluding hydrogens is 405 g/mol. The molecule has 1 fully saturated rings.